The standard InChI is InChI=1S/C19H20N2O4/c1-13-6-5-11-21(13,19(24)25)18(23)10-9-17(22)15-12-20(2)16-8-4-3-7-14(15)16/h3-4,7-10,12-13H,5-6,11H2,1-2H3/p+1/t13-,21?/m1/s1. The number of hydrogen-bond donors (Lipinski definition) is 1. The maximum Gasteiger partial charge on any atom is 0.521 e. The number of aryl methyl sites for hydroxylation is 1. The number of benzene rings is 1. The number of amides is 2. The summed E-state index contributed by atoms with van der Waals surface area (Å²) in [6.45, 7) is 2.03. The zero-order valence-corrected chi connectivity index (χ0v) is 14.3. The second-order valence-electron chi connectivity index (χ2n) is 6.57. The van der Waals surface area contributed by atoms with Crippen molar-refractivity contribution < 1.29 is 24.0 Å². The Bertz CT molecular complexity index is 896. The minimum Gasteiger partial charge on any atom is -0.435 e. The fraction of sp³-hybridized carbons (Fsp3) is 0.316. The van der Waals surface area contributed by atoms with Crippen LogP contribution in [0.2, 0.25) is 0 Å². The molecule has 130 valence electrons. The second kappa shape index (κ2) is 6.29. The van der Waals surface area contributed by atoms with Gasteiger partial charge < -0.3 is 9.67 Å². The summed E-state index contributed by atoms with van der Waals surface area (Å²) >= 11 is 0. The monoisotopic (exact) mass is 341 g/mol. The molecule has 2 atom stereocenters. The topological polar surface area (TPSA) is 76.4 Å². The van der Waals surface area contributed by atoms with E-state index < -0.39 is 16.5 Å². The van der Waals surface area contributed by atoms with E-state index in [0.717, 1.165) is 17.0 Å². The zero-order valence-electron chi connectivity index (χ0n) is 14.3. The second-order valence-corrected chi connectivity index (χ2v) is 6.57. The number of quaternary nitrogens is 1. The Morgan fingerprint density at radius 3 is 2.60 bits per heavy atom. The van der Waals surface area contributed by atoms with Gasteiger partial charge in [0.25, 0.3) is 0 Å². The van der Waals surface area contributed by atoms with E-state index in [1.807, 2.05) is 35.9 Å². The summed E-state index contributed by atoms with van der Waals surface area (Å²) in [7, 11) is 1.85. The molecule has 25 heavy (non-hydrogen) atoms. The molecule has 0 radical (unpaired) electrons. The van der Waals surface area contributed by atoms with E-state index in [9.17, 15) is 19.5 Å². The molecule has 1 N–H and O–H groups in total. The highest BCUT2D eigenvalue weighted by molar-refractivity contribution is 6.14. The zero-order chi connectivity index (χ0) is 18.2. The molecule has 1 unspecified atom stereocenters. The first-order valence-corrected chi connectivity index (χ1v) is 8.30. The summed E-state index contributed by atoms with van der Waals surface area (Å²) in [6, 6.07) is 7.22. The molecule has 1 fully saturated rings. The van der Waals surface area contributed by atoms with Crippen LogP contribution in [0.4, 0.5) is 4.79 Å². The number of nitrogens with zero attached hydrogens (tertiary/aromatic N) is 2. The first-order valence-electron chi connectivity index (χ1n) is 8.30. The van der Waals surface area contributed by atoms with Gasteiger partial charge in [-0.15, -0.1) is 0 Å². The van der Waals surface area contributed by atoms with Crippen LogP contribution in [0.1, 0.15) is 30.1 Å². The third-order valence-electron chi connectivity index (χ3n) is 5.16. The molecule has 1 aliphatic rings. The summed E-state index contributed by atoms with van der Waals surface area (Å²) in [5.41, 5.74) is 1.42. The van der Waals surface area contributed by atoms with Gasteiger partial charge in [0.2, 0.25) is 0 Å². The van der Waals surface area contributed by atoms with Gasteiger partial charge in [-0.1, -0.05) is 18.2 Å². The van der Waals surface area contributed by atoms with E-state index in [1.54, 1.807) is 13.1 Å². The third kappa shape index (κ3) is 2.68. The van der Waals surface area contributed by atoms with Gasteiger partial charge in [-0.25, -0.2) is 4.79 Å². The molecule has 1 aliphatic heterocycles. The quantitative estimate of drug-likeness (QED) is 0.529. The molecule has 1 aromatic carbocycles. The van der Waals surface area contributed by atoms with Crippen LogP contribution >= 0.6 is 0 Å². The van der Waals surface area contributed by atoms with E-state index in [2.05, 4.69) is 0 Å². The Hall–Kier alpha value is -2.73. The number of carboxylic acid groups (broad SMARTS) is 1. The number of ketones is 1. The normalized spacial score (nSPS) is 23.4. The number of imide groups is 1. The van der Waals surface area contributed by atoms with Gasteiger partial charge in [-0.2, -0.15) is 9.28 Å². The number of para-hydroxylation sites is 1. The van der Waals surface area contributed by atoms with Gasteiger partial charge in [-0.05, 0) is 19.1 Å². The van der Waals surface area contributed by atoms with Gasteiger partial charge in [0.05, 0.1) is 6.54 Å². The maximum absolute atomic E-state index is 12.6. The molecule has 0 aliphatic carbocycles. The highest BCUT2D eigenvalue weighted by Crippen LogP contribution is 2.28. The van der Waals surface area contributed by atoms with Crippen molar-refractivity contribution in [3.8, 4) is 0 Å². The number of carbonyl (C=O) groups excluding carboxylic acids is 2. The van der Waals surface area contributed by atoms with Crippen molar-refractivity contribution in [1.82, 2.24) is 4.57 Å². The van der Waals surface area contributed by atoms with Crippen molar-refractivity contribution in [2.75, 3.05) is 6.54 Å². The molecule has 6 heteroatoms. The molecule has 6 nitrogen and oxygen atoms in total. The Morgan fingerprint density at radius 1 is 1.24 bits per heavy atom. The average molecular weight is 341 g/mol. The Morgan fingerprint density at radius 2 is 1.96 bits per heavy atom. The maximum atomic E-state index is 12.6. The predicted octanol–water partition coefficient (Wildman–Crippen LogP) is 3.12. The minimum atomic E-state index is -1.16. The Kier molecular flexibility index (Phi) is 4.30. The van der Waals surface area contributed by atoms with Crippen molar-refractivity contribution in [3.05, 3.63) is 48.2 Å². The molecule has 2 amide bonds. The summed E-state index contributed by atoms with van der Waals surface area (Å²) in [5, 5.41) is 10.4. The molecule has 0 bridgehead atoms. The van der Waals surface area contributed by atoms with Gasteiger partial charge in [-0.3, -0.25) is 4.79 Å². The number of fused-ring (bicyclic) bond motifs is 1. The summed E-state index contributed by atoms with van der Waals surface area (Å²) in [6.07, 6.45) is 4.25. The van der Waals surface area contributed by atoms with E-state index in [0.29, 0.717) is 18.4 Å². The minimum absolute atomic E-state index is 0.266. The number of hydrogen-bond acceptors (Lipinski definition) is 3. The number of allylic oxidation sites excluding steroid dienone is 1. The van der Waals surface area contributed by atoms with Crippen molar-refractivity contribution in [2.24, 2.45) is 7.05 Å². The molecule has 0 spiro atoms. The van der Waals surface area contributed by atoms with Crippen LogP contribution in [-0.4, -0.2) is 44.5 Å². The average Bonchev–Trinajstić information content (AvgIpc) is 3.14. The van der Waals surface area contributed by atoms with Crippen LogP contribution in [0, 0.1) is 0 Å². The van der Waals surface area contributed by atoms with Crippen LogP contribution in [-0.2, 0) is 11.8 Å². The molecular weight excluding hydrogens is 320 g/mol. The van der Waals surface area contributed by atoms with Crippen LogP contribution in [0.5, 0.6) is 0 Å². The first kappa shape index (κ1) is 17.1. The summed E-state index contributed by atoms with van der Waals surface area (Å²) < 4.78 is 1.23. The number of carbonyl (C=O) groups is 3. The number of rotatable bonds is 3. The summed E-state index contributed by atoms with van der Waals surface area (Å²) in [5.74, 6) is -0.855. The lowest BCUT2D eigenvalue weighted by Crippen LogP contribution is -2.57. The lowest BCUT2D eigenvalue weighted by atomic mass is 10.1. The molecule has 2 aromatic rings. The molecule has 3 rings (SSSR count). The number of likely N-dealkylation sites (tertiary alicyclic amines) is 1. The molecule has 0 saturated carbocycles. The molecule has 1 aromatic heterocycles. The number of aromatic nitrogens is 1. The Labute approximate surface area is 145 Å². The molecule has 2 heterocycles. The lowest BCUT2D eigenvalue weighted by Gasteiger charge is -2.28. The van der Waals surface area contributed by atoms with E-state index in [-0.39, 0.29) is 18.4 Å². The predicted molar refractivity (Wildman–Crippen MR) is 93.2 cm³/mol. The lowest BCUT2D eigenvalue weighted by molar-refractivity contribution is -0.789. The molecule has 1 saturated heterocycles. The summed E-state index contributed by atoms with van der Waals surface area (Å²) in [4.78, 5) is 36.8. The van der Waals surface area contributed by atoms with Crippen LogP contribution in [0.15, 0.2) is 42.6 Å². The van der Waals surface area contributed by atoms with E-state index in [4.69, 9.17) is 0 Å². The highest BCUT2D eigenvalue weighted by Gasteiger charge is 2.51. The van der Waals surface area contributed by atoms with Crippen molar-refractivity contribution in [2.45, 2.75) is 25.8 Å². The largest absolute Gasteiger partial charge is 0.521 e. The fourth-order valence-electron chi connectivity index (χ4n) is 3.69. The first-order chi connectivity index (χ1) is 11.9. The van der Waals surface area contributed by atoms with Crippen molar-refractivity contribution in [1.29, 1.82) is 0 Å². The van der Waals surface area contributed by atoms with Crippen molar-refractivity contribution >= 4 is 28.7 Å². The van der Waals surface area contributed by atoms with Gasteiger partial charge in [0.1, 0.15) is 6.04 Å². The van der Waals surface area contributed by atoms with Crippen LogP contribution in [0.3, 0.4) is 0 Å². The molecular formula is C19H21N2O4+. The SMILES string of the molecule is C[C@@H]1CCC[N+]1(C(=O)O)C(=O)C=CC(=O)c1cn(C)c2ccccc12. The van der Waals surface area contributed by atoms with Gasteiger partial charge >= 0.3 is 12.0 Å². The van der Waals surface area contributed by atoms with Gasteiger partial charge in [0, 0.05) is 48.6 Å². The Balaban J connectivity index is 1.89. The van der Waals surface area contributed by atoms with Crippen molar-refractivity contribution in [3.63, 3.8) is 0 Å². The highest BCUT2D eigenvalue weighted by atomic mass is 16.4. The fourth-order valence-corrected chi connectivity index (χ4v) is 3.69. The van der Waals surface area contributed by atoms with Crippen LogP contribution in [0.25, 0.3) is 10.9 Å². The third-order valence-corrected chi connectivity index (χ3v) is 5.16. The smallest absolute Gasteiger partial charge is 0.435 e. The van der Waals surface area contributed by atoms with E-state index in [1.165, 1.54) is 6.08 Å². The van der Waals surface area contributed by atoms with E-state index >= 15 is 0 Å². The van der Waals surface area contributed by atoms with Gasteiger partial charge in [0.15, 0.2) is 5.78 Å². The van der Waals surface area contributed by atoms with Crippen LogP contribution < -0.4 is 0 Å².